The molecule has 20 heavy (non-hydrogen) atoms. The van der Waals surface area contributed by atoms with Gasteiger partial charge in [0.15, 0.2) is 5.82 Å². The molecule has 1 atom stereocenters. The van der Waals surface area contributed by atoms with Gasteiger partial charge in [0, 0.05) is 28.0 Å². The zero-order chi connectivity index (χ0) is 13.9. The molecule has 0 saturated carbocycles. The summed E-state index contributed by atoms with van der Waals surface area (Å²) in [7, 11) is 1.81. The topological polar surface area (TPSA) is 55.6 Å². The minimum absolute atomic E-state index is 0.296. The molecule has 0 bridgehead atoms. The van der Waals surface area contributed by atoms with Gasteiger partial charge in [0.2, 0.25) is 0 Å². The Morgan fingerprint density at radius 2 is 2.40 bits per heavy atom. The summed E-state index contributed by atoms with van der Waals surface area (Å²) in [6.07, 6.45) is 2.02. The number of nitrogens with zero attached hydrogens (tertiary/aromatic N) is 4. The van der Waals surface area contributed by atoms with Crippen molar-refractivity contribution in [3.8, 4) is 0 Å². The summed E-state index contributed by atoms with van der Waals surface area (Å²) in [5, 5.41) is 15.9. The smallest absolute Gasteiger partial charge is 0.176 e. The molecule has 0 radical (unpaired) electrons. The Bertz CT molecular complexity index is 554. The van der Waals surface area contributed by atoms with Crippen LogP contribution in [0.25, 0.3) is 0 Å². The summed E-state index contributed by atoms with van der Waals surface area (Å²) in [6.45, 7) is 3.09. The number of aromatic nitrogens is 4. The highest BCUT2D eigenvalue weighted by Crippen LogP contribution is 2.35. The maximum absolute atomic E-state index is 4.30. The first-order valence-corrected chi connectivity index (χ1v) is 8.89. The number of tetrazole rings is 1. The van der Waals surface area contributed by atoms with Gasteiger partial charge in [0.1, 0.15) is 0 Å². The summed E-state index contributed by atoms with van der Waals surface area (Å²) >= 11 is 3.98. The summed E-state index contributed by atoms with van der Waals surface area (Å²) in [6, 6.07) is 2.67. The number of likely N-dealkylation sites (N-methyl/N-ethyl adjacent to an activating group) is 1. The van der Waals surface area contributed by atoms with Crippen molar-refractivity contribution in [2.75, 3.05) is 12.3 Å². The fraction of sp³-hybridized carbons (Fsp3) is 0.615. The number of aryl methyl sites for hydroxylation is 2. The van der Waals surface area contributed by atoms with Crippen LogP contribution in [0.1, 0.15) is 34.1 Å². The number of hydrogen-bond donors (Lipinski definition) is 1. The molecule has 7 heteroatoms. The lowest BCUT2D eigenvalue weighted by atomic mass is 10.1. The Hall–Kier alpha value is -0.920. The lowest BCUT2D eigenvalue weighted by molar-refractivity contribution is 0.542. The molecule has 2 aromatic heterocycles. The van der Waals surface area contributed by atoms with Gasteiger partial charge in [0.05, 0.1) is 7.05 Å². The van der Waals surface area contributed by atoms with Crippen LogP contribution in [0.15, 0.2) is 6.07 Å². The van der Waals surface area contributed by atoms with Gasteiger partial charge in [-0.05, 0) is 35.6 Å². The van der Waals surface area contributed by atoms with E-state index in [9.17, 15) is 0 Å². The first-order valence-electron chi connectivity index (χ1n) is 6.91. The van der Waals surface area contributed by atoms with E-state index < -0.39 is 0 Å². The van der Waals surface area contributed by atoms with E-state index in [4.69, 9.17) is 0 Å². The number of thioether (sulfide) groups is 1. The van der Waals surface area contributed by atoms with Crippen molar-refractivity contribution in [2.24, 2.45) is 7.05 Å². The number of thiophene rings is 1. The van der Waals surface area contributed by atoms with E-state index >= 15 is 0 Å². The number of nitrogens with one attached hydrogen (secondary N) is 1. The molecule has 3 heterocycles. The standard InChI is InChI=1S/C13H19N5S2/c1-3-14-10(7-13-15-17-18(2)16-13)12-6-9-8-19-5-4-11(9)20-12/h6,10,14H,3-5,7-8H2,1-2H3. The van der Waals surface area contributed by atoms with E-state index in [1.54, 1.807) is 11.9 Å². The van der Waals surface area contributed by atoms with Crippen molar-refractivity contribution < 1.29 is 0 Å². The third-order valence-corrected chi connectivity index (χ3v) is 5.74. The van der Waals surface area contributed by atoms with Crippen molar-refractivity contribution >= 4 is 23.1 Å². The van der Waals surface area contributed by atoms with Crippen LogP contribution < -0.4 is 5.32 Å². The molecule has 5 nitrogen and oxygen atoms in total. The summed E-state index contributed by atoms with van der Waals surface area (Å²) in [4.78, 5) is 4.49. The largest absolute Gasteiger partial charge is 0.309 e. The first kappa shape index (κ1) is 14.0. The van der Waals surface area contributed by atoms with Gasteiger partial charge in [-0.1, -0.05) is 6.92 Å². The number of hydrogen-bond acceptors (Lipinski definition) is 6. The highest BCUT2D eigenvalue weighted by Gasteiger charge is 2.20. The third kappa shape index (κ3) is 3.05. The number of fused-ring (bicyclic) bond motifs is 1. The molecular formula is C13H19N5S2. The van der Waals surface area contributed by atoms with Crippen molar-refractivity contribution in [3.63, 3.8) is 0 Å². The highest BCUT2D eigenvalue weighted by atomic mass is 32.2. The van der Waals surface area contributed by atoms with Crippen LogP contribution in [0.5, 0.6) is 0 Å². The number of rotatable bonds is 5. The van der Waals surface area contributed by atoms with Crippen molar-refractivity contribution in [1.29, 1.82) is 0 Å². The molecule has 1 aliphatic heterocycles. The van der Waals surface area contributed by atoms with E-state index in [0.29, 0.717) is 6.04 Å². The van der Waals surface area contributed by atoms with E-state index in [-0.39, 0.29) is 0 Å². The average Bonchev–Trinajstić information content (AvgIpc) is 3.04. The molecule has 0 aliphatic carbocycles. The second-order valence-corrected chi connectivity index (χ2v) is 7.18. The van der Waals surface area contributed by atoms with Gasteiger partial charge >= 0.3 is 0 Å². The van der Waals surface area contributed by atoms with Crippen molar-refractivity contribution in [2.45, 2.75) is 31.6 Å². The maximum atomic E-state index is 4.30. The van der Waals surface area contributed by atoms with Crippen molar-refractivity contribution in [1.82, 2.24) is 25.5 Å². The summed E-state index contributed by atoms with van der Waals surface area (Å²) in [5.74, 6) is 3.22. The van der Waals surface area contributed by atoms with Gasteiger partial charge < -0.3 is 5.32 Å². The Morgan fingerprint density at radius 3 is 3.10 bits per heavy atom. The zero-order valence-electron chi connectivity index (χ0n) is 11.8. The molecule has 3 rings (SSSR count). The first-order chi connectivity index (χ1) is 9.76. The van der Waals surface area contributed by atoms with Crippen LogP contribution in [0.4, 0.5) is 0 Å². The lowest BCUT2D eigenvalue weighted by Gasteiger charge is -2.14. The highest BCUT2D eigenvalue weighted by molar-refractivity contribution is 7.98. The van der Waals surface area contributed by atoms with Crippen LogP contribution in [-0.2, 0) is 25.6 Å². The fourth-order valence-electron chi connectivity index (χ4n) is 2.45. The predicted octanol–water partition coefficient (Wildman–Crippen LogP) is 1.95. The molecule has 0 aromatic carbocycles. The van der Waals surface area contributed by atoms with Gasteiger partial charge in [-0.3, -0.25) is 0 Å². The van der Waals surface area contributed by atoms with Gasteiger partial charge in [-0.15, -0.1) is 21.5 Å². The zero-order valence-corrected chi connectivity index (χ0v) is 13.4. The van der Waals surface area contributed by atoms with Gasteiger partial charge in [-0.25, -0.2) is 0 Å². The average molecular weight is 309 g/mol. The second-order valence-electron chi connectivity index (χ2n) is 4.91. The molecule has 0 saturated heterocycles. The van der Waals surface area contributed by atoms with Crippen LogP contribution in [0.2, 0.25) is 0 Å². The lowest BCUT2D eigenvalue weighted by Crippen LogP contribution is -2.22. The second kappa shape index (κ2) is 6.24. The summed E-state index contributed by atoms with van der Waals surface area (Å²) < 4.78 is 0. The van der Waals surface area contributed by atoms with E-state index in [0.717, 1.165) is 24.5 Å². The fourth-order valence-corrected chi connectivity index (χ4v) is 4.90. The maximum Gasteiger partial charge on any atom is 0.176 e. The molecule has 0 amide bonds. The van der Waals surface area contributed by atoms with E-state index in [1.165, 1.54) is 27.4 Å². The monoisotopic (exact) mass is 309 g/mol. The normalized spacial score (nSPS) is 16.1. The van der Waals surface area contributed by atoms with Crippen LogP contribution in [-0.4, -0.2) is 32.5 Å². The Morgan fingerprint density at radius 1 is 1.50 bits per heavy atom. The Kier molecular flexibility index (Phi) is 4.38. The summed E-state index contributed by atoms with van der Waals surface area (Å²) in [5.41, 5.74) is 1.52. The molecule has 0 fully saturated rings. The SMILES string of the molecule is CCNC(Cc1nnn(C)n1)c1cc2c(s1)CCSC2. The van der Waals surface area contributed by atoms with Crippen molar-refractivity contribution in [3.05, 3.63) is 27.2 Å². The molecular weight excluding hydrogens is 290 g/mol. The van der Waals surface area contributed by atoms with E-state index in [1.807, 2.05) is 23.1 Å². The molecule has 2 aromatic rings. The Balaban J connectivity index is 1.80. The van der Waals surface area contributed by atoms with Gasteiger partial charge in [-0.2, -0.15) is 16.6 Å². The van der Waals surface area contributed by atoms with E-state index in [2.05, 4.69) is 33.7 Å². The quantitative estimate of drug-likeness (QED) is 0.915. The minimum Gasteiger partial charge on any atom is -0.309 e. The minimum atomic E-state index is 0.296. The Labute approximate surface area is 127 Å². The molecule has 1 aliphatic rings. The van der Waals surface area contributed by atoms with Crippen LogP contribution in [0.3, 0.4) is 0 Å². The van der Waals surface area contributed by atoms with Gasteiger partial charge in [0.25, 0.3) is 0 Å². The third-order valence-electron chi connectivity index (χ3n) is 3.38. The predicted molar refractivity (Wildman–Crippen MR) is 83.1 cm³/mol. The molecule has 1 N–H and O–H groups in total. The molecule has 1 unspecified atom stereocenters. The van der Waals surface area contributed by atoms with Crippen LogP contribution in [0, 0.1) is 0 Å². The van der Waals surface area contributed by atoms with Crippen LogP contribution >= 0.6 is 23.1 Å². The molecule has 108 valence electrons. The molecule has 0 spiro atoms.